The van der Waals surface area contributed by atoms with Gasteiger partial charge in [0.1, 0.15) is 5.78 Å². The first-order valence-corrected chi connectivity index (χ1v) is 9.91. The van der Waals surface area contributed by atoms with E-state index in [1.54, 1.807) is 4.68 Å². The first-order valence-electron chi connectivity index (χ1n) is 9.53. The molecule has 0 saturated heterocycles. The zero-order valence-corrected chi connectivity index (χ0v) is 17.0. The number of carbonyl (C=O) groups excluding carboxylic acids is 1. The van der Waals surface area contributed by atoms with Crippen LogP contribution in [-0.4, -0.2) is 27.3 Å². The minimum absolute atomic E-state index is 0.130. The highest BCUT2D eigenvalue weighted by Gasteiger charge is 2.15. The van der Waals surface area contributed by atoms with E-state index >= 15 is 0 Å². The van der Waals surface area contributed by atoms with Gasteiger partial charge in [0.15, 0.2) is 0 Å². The smallest absolute Gasteiger partial charge is 0.139 e. The Morgan fingerprint density at radius 1 is 1.14 bits per heavy atom. The predicted molar refractivity (Wildman–Crippen MR) is 113 cm³/mol. The van der Waals surface area contributed by atoms with E-state index in [9.17, 15) is 4.79 Å². The van der Waals surface area contributed by atoms with Crippen LogP contribution in [0.5, 0.6) is 0 Å². The first kappa shape index (κ1) is 20.3. The molecule has 0 radical (unpaired) electrons. The Kier molecular flexibility index (Phi) is 6.65. The fourth-order valence-electron chi connectivity index (χ4n) is 3.22. The topological polar surface area (TPSA) is 55.1 Å². The number of hydrogen-bond acceptors (Lipinski definition) is 3. The lowest BCUT2D eigenvalue weighted by Gasteiger charge is -2.08. The van der Waals surface area contributed by atoms with Crippen molar-refractivity contribution in [1.29, 1.82) is 0 Å². The Morgan fingerprint density at radius 3 is 2.54 bits per heavy atom. The summed E-state index contributed by atoms with van der Waals surface area (Å²) in [6.07, 6.45) is 1.51. The number of hydrogen-bond donors (Lipinski definition) is 1. The van der Waals surface area contributed by atoms with Crippen LogP contribution in [0.25, 0.3) is 16.9 Å². The summed E-state index contributed by atoms with van der Waals surface area (Å²) in [4.78, 5) is 12.4. The van der Waals surface area contributed by atoms with Gasteiger partial charge in [0.25, 0.3) is 0 Å². The van der Waals surface area contributed by atoms with E-state index in [-0.39, 0.29) is 12.4 Å². The Hall–Kier alpha value is -2.43. The van der Waals surface area contributed by atoms with Crippen LogP contribution in [0.3, 0.4) is 0 Å². The molecule has 0 amide bonds. The van der Waals surface area contributed by atoms with E-state index in [1.807, 2.05) is 68.4 Å². The van der Waals surface area contributed by atoms with Gasteiger partial charge in [-0.3, -0.25) is 4.79 Å². The van der Waals surface area contributed by atoms with E-state index in [4.69, 9.17) is 21.8 Å². The summed E-state index contributed by atoms with van der Waals surface area (Å²) in [5.41, 5.74) is 4.54. The Bertz CT molecular complexity index is 945. The molecule has 0 unspecified atom stereocenters. The van der Waals surface area contributed by atoms with Gasteiger partial charge in [0.2, 0.25) is 0 Å². The van der Waals surface area contributed by atoms with Gasteiger partial charge in [-0.15, -0.1) is 0 Å². The number of aliphatic hydroxyl groups is 1. The molecule has 1 heterocycles. The van der Waals surface area contributed by atoms with Gasteiger partial charge in [0.05, 0.1) is 17.1 Å². The fourth-order valence-corrected chi connectivity index (χ4v) is 3.40. The molecule has 0 atom stereocenters. The molecule has 3 aromatic rings. The zero-order valence-electron chi connectivity index (χ0n) is 16.2. The van der Waals surface area contributed by atoms with E-state index < -0.39 is 0 Å². The second kappa shape index (κ2) is 9.18. The number of rotatable bonds is 8. The van der Waals surface area contributed by atoms with Crippen LogP contribution in [0.4, 0.5) is 0 Å². The molecular formula is C23H25ClN2O2. The minimum Gasteiger partial charge on any atom is -0.396 e. The molecule has 0 spiro atoms. The second-order valence-corrected chi connectivity index (χ2v) is 7.83. The van der Waals surface area contributed by atoms with Crippen molar-refractivity contribution in [3.8, 4) is 16.9 Å². The molecule has 4 nitrogen and oxygen atoms in total. The van der Waals surface area contributed by atoms with Crippen molar-refractivity contribution in [2.75, 3.05) is 6.61 Å². The maximum atomic E-state index is 12.4. The number of aliphatic hydroxyl groups excluding tert-OH is 1. The number of aromatic nitrogens is 2. The van der Waals surface area contributed by atoms with Crippen LogP contribution >= 0.6 is 11.6 Å². The van der Waals surface area contributed by atoms with Crippen molar-refractivity contribution in [3.05, 3.63) is 70.9 Å². The van der Waals surface area contributed by atoms with Gasteiger partial charge in [-0.25, -0.2) is 4.68 Å². The molecule has 0 aliphatic carbocycles. The van der Waals surface area contributed by atoms with Crippen molar-refractivity contribution < 1.29 is 9.90 Å². The molecule has 3 rings (SSSR count). The van der Waals surface area contributed by atoms with Gasteiger partial charge >= 0.3 is 0 Å². The van der Waals surface area contributed by atoms with Crippen LogP contribution in [-0.2, 0) is 17.6 Å². The Labute approximate surface area is 170 Å². The molecule has 0 fully saturated rings. The Balaban J connectivity index is 1.98. The van der Waals surface area contributed by atoms with Crippen molar-refractivity contribution in [1.82, 2.24) is 9.78 Å². The molecule has 1 aromatic heterocycles. The maximum absolute atomic E-state index is 12.4. The third kappa shape index (κ3) is 5.09. The predicted octanol–water partition coefficient (Wildman–Crippen LogP) is 4.89. The van der Waals surface area contributed by atoms with E-state index in [1.165, 1.54) is 0 Å². The fraction of sp³-hybridized carbons (Fsp3) is 0.304. The number of carbonyl (C=O) groups is 1. The molecule has 0 bridgehead atoms. The number of benzene rings is 2. The summed E-state index contributed by atoms with van der Waals surface area (Å²) < 4.78 is 1.81. The van der Waals surface area contributed by atoms with Crippen molar-refractivity contribution in [2.45, 2.75) is 33.1 Å². The molecule has 28 heavy (non-hydrogen) atoms. The number of halogens is 1. The lowest BCUT2D eigenvalue weighted by Crippen LogP contribution is -2.10. The lowest BCUT2D eigenvalue weighted by molar-refractivity contribution is -0.119. The van der Waals surface area contributed by atoms with Gasteiger partial charge in [-0.05, 0) is 42.2 Å². The zero-order chi connectivity index (χ0) is 20.1. The van der Waals surface area contributed by atoms with Crippen molar-refractivity contribution in [3.63, 3.8) is 0 Å². The van der Waals surface area contributed by atoms with E-state index in [0.717, 1.165) is 28.2 Å². The van der Waals surface area contributed by atoms with Gasteiger partial charge < -0.3 is 5.11 Å². The van der Waals surface area contributed by atoms with Crippen LogP contribution in [0.15, 0.2) is 54.6 Å². The third-order valence-electron chi connectivity index (χ3n) is 4.50. The second-order valence-electron chi connectivity index (χ2n) is 7.40. The summed E-state index contributed by atoms with van der Waals surface area (Å²) in [5.74, 6) is 0.525. The third-order valence-corrected chi connectivity index (χ3v) is 4.74. The minimum atomic E-state index is 0.130. The molecule has 0 aliphatic heterocycles. The van der Waals surface area contributed by atoms with Crippen molar-refractivity contribution >= 4 is 17.4 Å². The van der Waals surface area contributed by atoms with Gasteiger partial charge in [-0.2, -0.15) is 5.10 Å². The molecule has 5 heteroatoms. The lowest BCUT2D eigenvalue weighted by atomic mass is 10.0. The van der Waals surface area contributed by atoms with Crippen LogP contribution in [0.2, 0.25) is 5.02 Å². The summed E-state index contributed by atoms with van der Waals surface area (Å²) in [7, 11) is 0. The molecule has 0 saturated carbocycles. The number of ketones is 1. The largest absolute Gasteiger partial charge is 0.396 e. The molecule has 2 aromatic carbocycles. The monoisotopic (exact) mass is 396 g/mol. The standard InChI is InChI=1S/C23H25ClN2O2/c1-16(2)12-22(28)14-21-15-23(18-8-6-17(7-9-18)10-11-27)25-26(21)20-5-3-4-19(24)13-20/h3-9,13,15-16,27H,10-12,14H2,1-2H3. The number of Topliss-reactive ketones (excluding diaryl/α,β-unsaturated/α-hetero) is 1. The average Bonchev–Trinajstić information content (AvgIpc) is 3.05. The van der Waals surface area contributed by atoms with Crippen LogP contribution in [0.1, 0.15) is 31.5 Å². The molecule has 0 aliphatic rings. The SMILES string of the molecule is CC(C)CC(=O)Cc1cc(-c2ccc(CCO)cc2)nn1-c1cccc(Cl)c1. The summed E-state index contributed by atoms with van der Waals surface area (Å²) >= 11 is 6.16. The summed E-state index contributed by atoms with van der Waals surface area (Å²) in [6, 6.07) is 17.4. The molecular weight excluding hydrogens is 372 g/mol. The normalized spacial score (nSPS) is 11.2. The first-order chi connectivity index (χ1) is 13.5. The van der Waals surface area contributed by atoms with Gasteiger partial charge in [0, 0.05) is 30.0 Å². The maximum Gasteiger partial charge on any atom is 0.139 e. The van der Waals surface area contributed by atoms with Crippen LogP contribution in [0, 0.1) is 5.92 Å². The molecule has 1 N–H and O–H groups in total. The number of nitrogens with zero attached hydrogens (tertiary/aromatic N) is 2. The quantitative estimate of drug-likeness (QED) is 0.590. The Morgan fingerprint density at radius 2 is 1.89 bits per heavy atom. The van der Waals surface area contributed by atoms with Crippen molar-refractivity contribution in [2.24, 2.45) is 5.92 Å². The van der Waals surface area contributed by atoms with Crippen LogP contribution < -0.4 is 0 Å². The average molecular weight is 397 g/mol. The highest BCUT2D eigenvalue weighted by molar-refractivity contribution is 6.30. The van der Waals surface area contributed by atoms with Gasteiger partial charge in [-0.1, -0.05) is 55.8 Å². The summed E-state index contributed by atoms with van der Waals surface area (Å²) in [5, 5.41) is 14.5. The highest BCUT2D eigenvalue weighted by atomic mass is 35.5. The summed E-state index contributed by atoms with van der Waals surface area (Å²) in [6.45, 7) is 4.22. The highest BCUT2D eigenvalue weighted by Crippen LogP contribution is 2.24. The van der Waals surface area contributed by atoms with E-state index in [0.29, 0.717) is 30.2 Å². The molecule has 146 valence electrons. The van der Waals surface area contributed by atoms with E-state index in [2.05, 4.69) is 0 Å².